The van der Waals surface area contributed by atoms with E-state index >= 15 is 0 Å². The van der Waals surface area contributed by atoms with Crippen molar-refractivity contribution in [1.82, 2.24) is 9.97 Å². The van der Waals surface area contributed by atoms with Crippen LogP contribution in [0.15, 0.2) is 54.9 Å². The molecule has 0 saturated heterocycles. The Morgan fingerprint density at radius 2 is 1.63 bits per heavy atom. The Bertz CT molecular complexity index is 989. The second kappa shape index (κ2) is 10.8. The fourth-order valence-electron chi connectivity index (χ4n) is 2.78. The van der Waals surface area contributed by atoms with Gasteiger partial charge in [0.25, 0.3) is 0 Å². The van der Waals surface area contributed by atoms with Crippen LogP contribution in [0.2, 0.25) is 0 Å². The molecule has 2 N–H and O–H groups in total. The van der Waals surface area contributed by atoms with Gasteiger partial charge < -0.3 is 19.8 Å². The highest BCUT2D eigenvalue weighted by Crippen LogP contribution is 2.26. The average molecular weight is 411 g/mol. The number of fused-ring (bicyclic) bond motifs is 1. The first-order valence-electron chi connectivity index (χ1n) is 9.40. The van der Waals surface area contributed by atoms with Crippen LogP contribution in [0.3, 0.4) is 0 Å². The van der Waals surface area contributed by atoms with Crippen LogP contribution in [-0.4, -0.2) is 52.3 Å². The lowest BCUT2D eigenvalue weighted by atomic mass is 10.0. The maximum absolute atomic E-state index is 9.10. The lowest BCUT2D eigenvalue weighted by Gasteiger charge is -2.20. The molecule has 0 spiro atoms. The molecule has 0 aliphatic heterocycles. The van der Waals surface area contributed by atoms with E-state index in [0.717, 1.165) is 29.0 Å². The van der Waals surface area contributed by atoms with Gasteiger partial charge in [0.2, 0.25) is 0 Å². The number of likely N-dealkylation sites (N-methyl/N-ethyl adjacent to an activating group) is 1. The van der Waals surface area contributed by atoms with E-state index in [1.165, 1.54) is 5.56 Å². The highest BCUT2D eigenvalue weighted by atomic mass is 16.5. The van der Waals surface area contributed by atoms with Crippen molar-refractivity contribution in [3.8, 4) is 5.75 Å². The van der Waals surface area contributed by atoms with Gasteiger partial charge in [0.1, 0.15) is 24.5 Å². The minimum absolute atomic E-state index is 0.449. The molecule has 158 valence electrons. The van der Waals surface area contributed by atoms with Gasteiger partial charge >= 0.3 is 11.9 Å². The van der Waals surface area contributed by atoms with Crippen LogP contribution >= 0.6 is 0 Å². The Kier molecular flexibility index (Phi) is 8.10. The van der Waals surface area contributed by atoms with Gasteiger partial charge in [0.05, 0.1) is 12.1 Å². The lowest BCUT2D eigenvalue weighted by Crippen LogP contribution is -2.25. The number of carboxylic acids is 2. The molecule has 0 unspecified atom stereocenters. The number of carbonyl (C=O) groups is 2. The number of aliphatic carboxylic acids is 2. The Hall–Kier alpha value is -3.68. The van der Waals surface area contributed by atoms with Crippen LogP contribution in [0.25, 0.3) is 10.9 Å². The van der Waals surface area contributed by atoms with Gasteiger partial charge in [-0.1, -0.05) is 44.2 Å². The summed E-state index contributed by atoms with van der Waals surface area (Å²) < 4.78 is 6.02. The minimum Gasteiger partial charge on any atom is -0.491 e. The number of rotatable bonds is 6. The molecular formula is C22H25N3O5. The van der Waals surface area contributed by atoms with Crippen molar-refractivity contribution in [3.63, 3.8) is 0 Å². The third-order valence-electron chi connectivity index (χ3n) is 4.29. The monoisotopic (exact) mass is 411 g/mol. The Morgan fingerprint density at radius 1 is 1.00 bits per heavy atom. The summed E-state index contributed by atoms with van der Waals surface area (Å²) >= 11 is 0. The maximum Gasteiger partial charge on any atom is 0.414 e. The molecule has 1 aromatic heterocycles. The normalized spacial score (nSPS) is 10.3. The van der Waals surface area contributed by atoms with E-state index in [9.17, 15) is 0 Å². The molecule has 0 atom stereocenters. The number of aromatic nitrogens is 2. The second-order valence-corrected chi connectivity index (χ2v) is 6.79. The molecule has 8 nitrogen and oxygen atoms in total. The molecular weight excluding hydrogens is 386 g/mol. The van der Waals surface area contributed by atoms with Crippen LogP contribution in [0.1, 0.15) is 25.3 Å². The first-order chi connectivity index (χ1) is 14.3. The van der Waals surface area contributed by atoms with E-state index in [0.29, 0.717) is 12.5 Å². The highest BCUT2D eigenvalue weighted by molar-refractivity contribution is 6.27. The second-order valence-electron chi connectivity index (χ2n) is 6.79. The molecule has 0 aliphatic carbocycles. The molecule has 0 aliphatic rings. The molecule has 0 amide bonds. The Balaban J connectivity index is 0.000000469. The number of para-hydroxylation sites is 2. The zero-order valence-electron chi connectivity index (χ0n) is 17.1. The maximum atomic E-state index is 9.10. The number of benzene rings is 2. The number of anilines is 1. The van der Waals surface area contributed by atoms with Crippen molar-refractivity contribution in [2.75, 3.05) is 25.1 Å². The molecule has 1 heterocycles. The van der Waals surface area contributed by atoms with Crippen LogP contribution in [0.4, 0.5) is 5.82 Å². The summed E-state index contributed by atoms with van der Waals surface area (Å²) in [4.78, 5) is 29.1. The molecule has 8 heteroatoms. The number of nitrogens with zero attached hydrogens (tertiary/aromatic N) is 3. The molecule has 0 bridgehead atoms. The van der Waals surface area contributed by atoms with Gasteiger partial charge in [-0.3, -0.25) is 0 Å². The summed E-state index contributed by atoms with van der Waals surface area (Å²) in [7, 11) is 2.03. The number of ether oxygens (including phenoxy) is 1. The molecule has 0 saturated carbocycles. The Labute approximate surface area is 174 Å². The highest BCUT2D eigenvalue weighted by Gasteiger charge is 2.10. The van der Waals surface area contributed by atoms with Crippen LogP contribution in [-0.2, 0) is 9.59 Å². The molecule has 0 fully saturated rings. The summed E-state index contributed by atoms with van der Waals surface area (Å²) in [6.07, 6.45) is 1.61. The molecule has 30 heavy (non-hydrogen) atoms. The van der Waals surface area contributed by atoms with Crippen molar-refractivity contribution in [3.05, 3.63) is 60.4 Å². The third-order valence-corrected chi connectivity index (χ3v) is 4.29. The SMILES string of the molecule is CC(C)c1ccccc1OCCN(C)c1ncnc2ccccc12.O=C(O)C(=O)O. The van der Waals surface area contributed by atoms with Crippen molar-refractivity contribution in [1.29, 1.82) is 0 Å². The summed E-state index contributed by atoms with van der Waals surface area (Å²) in [5, 5.41) is 15.8. The summed E-state index contributed by atoms with van der Waals surface area (Å²) in [6.45, 7) is 5.73. The Morgan fingerprint density at radius 3 is 2.30 bits per heavy atom. The zero-order valence-corrected chi connectivity index (χ0v) is 17.1. The summed E-state index contributed by atoms with van der Waals surface area (Å²) in [5.41, 5.74) is 2.20. The van der Waals surface area contributed by atoms with E-state index < -0.39 is 11.9 Å². The standard InChI is InChI=1S/C20H23N3O.C2H2O4/c1-15(2)16-8-5-7-11-19(16)24-13-12-23(3)20-17-9-4-6-10-18(17)21-14-22-20;3-1(4)2(5)6/h4-11,14-15H,12-13H2,1-3H3;(H,3,4)(H,5,6). The predicted molar refractivity (Wildman–Crippen MR) is 114 cm³/mol. The first kappa shape index (κ1) is 22.6. The van der Waals surface area contributed by atoms with Crippen molar-refractivity contribution >= 4 is 28.7 Å². The molecule has 3 rings (SSSR count). The van der Waals surface area contributed by atoms with E-state index in [2.05, 4.69) is 46.9 Å². The van der Waals surface area contributed by atoms with E-state index in [-0.39, 0.29) is 0 Å². The molecule has 3 aromatic rings. The van der Waals surface area contributed by atoms with Gasteiger partial charge in [-0.15, -0.1) is 0 Å². The van der Waals surface area contributed by atoms with Gasteiger partial charge in [0.15, 0.2) is 0 Å². The van der Waals surface area contributed by atoms with Crippen LogP contribution in [0, 0.1) is 0 Å². The summed E-state index contributed by atoms with van der Waals surface area (Å²) in [6, 6.07) is 16.3. The van der Waals surface area contributed by atoms with Gasteiger partial charge in [-0.2, -0.15) is 0 Å². The smallest absolute Gasteiger partial charge is 0.414 e. The lowest BCUT2D eigenvalue weighted by molar-refractivity contribution is -0.159. The van der Waals surface area contributed by atoms with E-state index in [4.69, 9.17) is 24.5 Å². The number of hydrogen-bond donors (Lipinski definition) is 2. The minimum atomic E-state index is -1.82. The van der Waals surface area contributed by atoms with Crippen molar-refractivity contribution in [2.45, 2.75) is 19.8 Å². The molecule has 2 aromatic carbocycles. The first-order valence-corrected chi connectivity index (χ1v) is 9.40. The fourth-order valence-corrected chi connectivity index (χ4v) is 2.78. The number of hydrogen-bond acceptors (Lipinski definition) is 6. The average Bonchev–Trinajstić information content (AvgIpc) is 2.73. The largest absolute Gasteiger partial charge is 0.491 e. The fraction of sp³-hybridized carbons (Fsp3) is 0.273. The third kappa shape index (κ3) is 6.16. The quantitative estimate of drug-likeness (QED) is 0.593. The van der Waals surface area contributed by atoms with E-state index in [1.54, 1.807) is 6.33 Å². The van der Waals surface area contributed by atoms with Gasteiger partial charge in [0, 0.05) is 12.4 Å². The number of carboxylic acid groups (broad SMARTS) is 2. The molecule has 0 radical (unpaired) electrons. The van der Waals surface area contributed by atoms with Crippen LogP contribution < -0.4 is 9.64 Å². The van der Waals surface area contributed by atoms with Crippen molar-refractivity contribution in [2.24, 2.45) is 0 Å². The van der Waals surface area contributed by atoms with Crippen LogP contribution in [0.5, 0.6) is 5.75 Å². The van der Waals surface area contributed by atoms with E-state index in [1.807, 2.05) is 37.4 Å². The van der Waals surface area contributed by atoms with Crippen molar-refractivity contribution < 1.29 is 24.5 Å². The van der Waals surface area contributed by atoms with Gasteiger partial charge in [-0.05, 0) is 29.7 Å². The topological polar surface area (TPSA) is 113 Å². The van der Waals surface area contributed by atoms with Gasteiger partial charge in [-0.25, -0.2) is 19.6 Å². The summed E-state index contributed by atoms with van der Waals surface area (Å²) in [5.74, 6) is -1.30. The predicted octanol–water partition coefficient (Wildman–Crippen LogP) is 3.42. The zero-order chi connectivity index (χ0) is 22.1.